The van der Waals surface area contributed by atoms with Gasteiger partial charge in [-0.25, -0.2) is 13.6 Å². The molecule has 4 atom stereocenters. The van der Waals surface area contributed by atoms with Crippen molar-refractivity contribution >= 4 is 6.03 Å². The fourth-order valence-corrected chi connectivity index (χ4v) is 3.64. The molecule has 1 saturated carbocycles. The van der Waals surface area contributed by atoms with Gasteiger partial charge in [0.1, 0.15) is 11.6 Å². The van der Waals surface area contributed by atoms with Crippen LogP contribution in [0.5, 0.6) is 0 Å². The maximum atomic E-state index is 13.8. The lowest BCUT2D eigenvalue weighted by molar-refractivity contribution is 0.142. The van der Waals surface area contributed by atoms with Gasteiger partial charge >= 0.3 is 6.03 Å². The Bertz CT molecular complexity index is 807. The van der Waals surface area contributed by atoms with E-state index in [0.717, 1.165) is 11.1 Å². The molecule has 130 valence electrons. The van der Waals surface area contributed by atoms with Crippen molar-refractivity contribution in [2.45, 2.75) is 36.9 Å². The van der Waals surface area contributed by atoms with E-state index in [2.05, 4.69) is 10.6 Å². The summed E-state index contributed by atoms with van der Waals surface area (Å²) in [6.07, 6.45) is 0.310. The molecular weight excluding hydrogens is 326 g/mol. The summed E-state index contributed by atoms with van der Waals surface area (Å²) in [5.41, 5.74) is 1.94. The maximum Gasteiger partial charge on any atom is 0.315 e. The molecule has 4 nitrogen and oxygen atoms in total. The number of nitrogens with one attached hydrogen (secondary N) is 2. The van der Waals surface area contributed by atoms with Crippen LogP contribution in [0.1, 0.15) is 35.1 Å². The Labute approximate surface area is 143 Å². The minimum absolute atomic E-state index is 0.0269. The summed E-state index contributed by atoms with van der Waals surface area (Å²) in [4.78, 5) is 12.2. The van der Waals surface area contributed by atoms with Crippen LogP contribution < -0.4 is 10.6 Å². The van der Waals surface area contributed by atoms with E-state index in [1.165, 1.54) is 18.2 Å². The molecule has 0 spiro atoms. The molecule has 4 rings (SSSR count). The zero-order chi connectivity index (χ0) is 17.6. The average Bonchev–Trinajstić information content (AvgIpc) is 3.23. The number of urea groups is 1. The van der Waals surface area contributed by atoms with Crippen molar-refractivity contribution in [2.24, 2.45) is 0 Å². The van der Waals surface area contributed by atoms with E-state index in [-0.39, 0.29) is 17.5 Å². The Morgan fingerprint density at radius 2 is 1.76 bits per heavy atom. The summed E-state index contributed by atoms with van der Waals surface area (Å²) in [5.74, 6) is -1.53. The lowest BCUT2D eigenvalue weighted by atomic mass is 10.1. The van der Waals surface area contributed by atoms with Gasteiger partial charge in [0.2, 0.25) is 0 Å². The van der Waals surface area contributed by atoms with Crippen LogP contribution in [0.15, 0.2) is 42.5 Å². The molecule has 2 amide bonds. The van der Waals surface area contributed by atoms with Crippen molar-refractivity contribution in [3.8, 4) is 0 Å². The van der Waals surface area contributed by atoms with E-state index in [9.17, 15) is 18.7 Å². The normalized spacial score (nSPS) is 26.8. The molecular formula is C19H18F2N2O2. The number of hydrogen-bond donors (Lipinski definition) is 3. The smallest absolute Gasteiger partial charge is 0.315 e. The predicted molar refractivity (Wildman–Crippen MR) is 88.1 cm³/mol. The quantitative estimate of drug-likeness (QED) is 0.802. The van der Waals surface area contributed by atoms with Gasteiger partial charge in [-0.1, -0.05) is 30.3 Å². The van der Waals surface area contributed by atoms with Crippen LogP contribution in [0.4, 0.5) is 13.6 Å². The van der Waals surface area contributed by atoms with Crippen molar-refractivity contribution in [2.75, 3.05) is 0 Å². The minimum Gasteiger partial charge on any atom is -0.390 e. The van der Waals surface area contributed by atoms with E-state index >= 15 is 0 Å². The van der Waals surface area contributed by atoms with Crippen LogP contribution in [0, 0.1) is 11.6 Å². The summed E-state index contributed by atoms with van der Waals surface area (Å²) >= 11 is 0. The van der Waals surface area contributed by atoms with Gasteiger partial charge in [-0.15, -0.1) is 0 Å². The fraction of sp³-hybridized carbons (Fsp3) is 0.316. The van der Waals surface area contributed by atoms with Crippen LogP contribution >= 0.6 is 0 Å². The number of rotatable bonds is 3. The highest BCUT2D eigenvalue weighted by Gasteiger charge is 2.43. The van der Waals surface area contributed by atoms with Gasteiger partial charge in [-0.05, 0) is 29.7 Å². The first-order valence-corrected chi connectivity index (χ1v) is 8.31. The van der Waals surface area contributed by atoms with Crippen LogP contribution in [0.3, 0.4) is 0 Å². The maximum absolute atomic E-state index is 13.8. The van der Waals surface area contributed by atoms with E-state index in [1.54, 1.807) is 0 Å². The van der Waals surface area contributed by atoms with Gasteiger partial charge in [0.15, 0.2) is 0 Å². The standard InChI is InChI=1S/C19H18F2N2O2/c20-13-6-3-7-14(21)17(13)12-9-15(12)22-19(25)23-18-11-5-2-1-4-10(11)8-16(18)24/h1-7,12,15-16,18,24H,8-9H2,(H2,22,23,25). The van der Waals surface area contributed by atoms with E-state index in [0.29, 0.717) is 12.8 Å². The molecule has 2 aromatic carbocycles. The number of hydrogen-bond acceptors (Lipinski definition) is 2. The number of aliphatic hydroxyl groups excluding tert-OH is 1. The second kappa shape index (κ2) is 6.11. The molecule has 2 aliphatic carbocycles. The first-order valence-electron chi connectivity index (χ1n) is 8.31. The SMILES string of the molecule is O=C(NC1CC1c1c(F)cccc1F)NC1c2ccccc2CC1O. The molecule has 1 fully saturated rings. The number of aliphatic hydroxyl groups is 1. The first kappa shape index (κ1) is 16.0. The number of carbonyl (C=O) groups is 1. The van der Waals surface area contributed by atoms with Crippen LogP contribution in [-0.2, 0) is 6.42 Å². The summed E-state index contributed by atoms with van der Waals surface area (Å²) in [6.45, 7) is 0. The number of carbonyl (C=O) groups excluding carboxylic acids is 1. The molecule has 3 N–H and O–H groups in total. The van der Waals surface area contributed by atoms with E-state index in [1.807, 2.05) is 24.3 Å². The van der Waals surface area contributed by atoms with Gasteiger partial charge < -0.3 is 15.7 Å². The third-order valence-electron chi connectivity index (χ3n) is 4.97. The van der Waals surface area contributed by atoms with Crippen molar-refractivity contribution in [1.29, 1.82) is 0 Å². The largest absolute Gasteiger partial charge is 0.390 e. The van der Waals surface area contributed by atoms with Gasteiger partial charge in [-0.3, -0.25) is 0 Å². The Balaban J connectivity index is 1.40. The van der Waals surface area contributed by atoms with Gasteiger partial charge in [0.25, 0.3) is 0 Å². The lowest BCUT2D eigenvalue weighted by Crippen LogP contribution is -2.42. The Hall–Kier alpha value is -2.47. The van der Waals surface area contributed by atoms with Gasteiger partial charge in [-0.2, -0.15) is 0 Å². The van der Waals surface area contributed by atoms with Crippen molar-refractivity contribution in [1.82, 2.24) is 10.6 Å². The third kappa shape index (κ3) is 2.98. The van der Waals surface area contributed by atoms with Crippen LogP contribution in [0.2, 0.25) is 0 Å². The lowest BCUT2D eigenvalue weighted by Gasteiger charge is -2.18. The summed E-state index contributed by atoms with van der Waals surface area (Å²) < 4.78 is 27.6. The zero-order valence-corrected chi connectivity index (χ0v) is 13.4. The Kier molecular flexibility index (Phi) is 3.92. The molecule has 0 saturated heterocycles. The summed E-state index contributed by atoms with van der Waals surface area (Å²) in [5, 5.41) is 15.7. The Morgan fingerprint density at radius 3 is 2.52 bits per heavy atom. The molecule has 2 aromatic rings. The number of fused-ring (bicyclic) bond motifs is 1. The molecule has 0 aliphatic heterocycles. The topological polar surface area (TPSA) is 61.4 Å². The van der Waals surface area contributed by atoms with E-state index in [4.69, 9.17) is 0 Å². The highest BCUT2D eigenvalue weighted by Crippen LogP contribution is 2.43. The second-order valence-corrected chi connectivity index (χ2v) is 6.65. The van der Waals surface area contributed by atoms with Crippen molar-refractivity contribution < 1.29 is 18.7 Å². The summed E-state index contributed by atoms with van der Waals surface area (Å²) in [7, 11) is 0. The predicted octanol–water partition coefficient (Wildman–Crippen LogP) is 2.78. The molecule has 6 heteroatoms. The molecule has 0 radical (unpaired) electrons. The number of amides is 2. The highest BCUT2D eigenvalue weighted by molar-refractivity contribution is 5.76. The van der Waals surface area contributed by atoms with E-state index < -0.39 is 29.8 Å². The first-order chi connectivity index (χ1) is 12.0. The fourth-order valence-electron chi connectivity index (χ4n) is 3.64. The van der Waals surface area contributed by atoms with Gasteiger partial charge in [0.05, 0.1) is 12.1 Å². The average molecular weight is 344 g/mol. The molecule has 0 aromatic heterocycles. The van der Waals surface area contributed by atoms with Gasteiger partial charge in [0, 0.05) is 23.9 Å². The number of benzene rings is 2. The van der Waals surface area contributed by atoms with Crippen LogP contribution in [0.25, 0.3) is 0 Å². The molecule has 4 unspecified atom stereocenters. The molecule has 2 aliphatic rings. The summed E-state index contributed by atoms with van der Waals surface area (Å²) in [6, 6.07) is 10.1. The monoisotopic (exact) mass is 344 g/mol. The van der Waals surface area contributed by atoms with Crippen LogP contribution in [-0.4, -0.2) is 23.3 Å². The molecule has 0 bridgehead atoms. The van der Waals surface area contributed by atoms with Crippen molar-refractivity contribution in [3.63, 3.8) is 0 Å². The van der Waals surface area contributed by atoms with Crippen molar-refractivity contribution in [3.05, 3.63) is 70.8 Å². The third-order valence-corrected chi connectivity index (χ3v) is 4.97. The highest BCUT2D eigenvalue weighted by atomic mass is 19.1. The molecule has 25 heavy (non-hydrogen) atoms. The molecule has 0 heterocycles. The zero-order valence-electron chi connectivity index (χ0n) is 13.4. The number of halogens is 2. The second-order valence-electron chi connectivity index (χ2n) is 6.65. The minimum atomic E-state index is -0.679. The Morgan fingerprint density at radius 1 is 1.04 bits per heavy atom.